The molecular formula is C8H15I. The Morgan fingerprint density at radius 1 is 1.11 bits per heavy atom. The summed E-state index contributed by atoms with van der Waals surface area (Å²) >= 11 is 2.61. The summed E-state index contributed by atoms with van der Waals surface area (Å²) in [5.41, 5.74) is 0. The fraction of sp³-hybridized carbons (Fsp3) is 1.00. The van der Waals surface area contributed by atoms with Crippen molar-refractivity contribution < 1.29 is 0 Å². The summed E-state index contributed by atoms with van der Waals surface area (Å²) in [5.74, 6) is 1.93. The molecule has 1 rings (SSSR count). The smallest absolute Gasteiger partial charge is 0.0161 e. The van der Waals surface area contributed by atoms with Gasteiger partial charge in [0.2, 0.25) is 0 Å². The molecule has 0 radical (unpaired) electrons. The summed E-state index contributed by atoms with van der Waals surface area (Å²) in [6, 6.07) is 0. The van der Waals surface area contributed by atoms with Gasteiger partial charge in [0, 0.05) is 3.92 Å². The van der Waals surface area contributed by atoms with E-state index in [1.807, 2.05) is 0 Å². The highest BCUT2D eigenvalue weighted by molar-refractivity contribution is 14.1. The molecule has 54 valence electrons. The fourth-order valence-electron chi connectivity index (χ4n) is 1.64. The lowest BCUT2D eigenvalue weighted by Crippen LogP contribution is -2.24. The Kier molecular flexibility index (Phi) is 2.80. The molecule has 1 aliphatic carbocycles. The van der Waals surface area contributed by atoms with E-state index in [0.29, 0.717) is 0 Å². The van der Waals surface area contributed by atoms with Crippen LogP contribution in [0.1, 0.15) is 33.1 Å². The van der Waals surface area contributed by atoms with Gasteiger partial charge in [0.1, 0.15) is 0 Å². The number of hydrogen-bond acceptors (Lipinski definition) is 0. The molecule has 0 spiro atoms. The first-order chi connectivity index (χ1) is 4.22. The van der Waals surface area contributed by atoms with Crippen LogP contribution in [0.3, 0.4) is 0 Å². The molecule has 0 nitrogen and oxygen atoms in total. The van der Waals surface area contributed by atoms with Crippen LogP contribution in [0.5, 0.6) is 0 Å². The molecule has 0 saturated heterocycles. The van der Waals surface area contributed by atoms with Gasteiger partial charge in [0.25, 0.3) is 0 Å². The molecule has 0 aromatic rings. The van der Waals surface area contributed by atoms with E-state index in [4.69, 9.17) is 0 Å². The molecule has 0 aromatic carbocycles. The van der Waals surface area contributed by atoms with E-state index in [2.05, 4.69) is 36.4 Å². The van der Waals surface area contributed by atoms with Gasteiger partial charge >= 0.3 is 0 Å². The molecule has 0 heterocycles. The summed E-state index contributed by atoms with van der Waals surface area (Å²) in [7, 11) is 0. The predicted octanol–water partition coefficient (Wildman–Crippen LogP) is 3.25. The van der Waals surface area contributed by atoms with Crippen LogP contribution in [0, 0.1) is 11.8 Å². The normalized spacial score (nSPS) is 45.0. The van der Waals surface area contributed by atoms with Gasteiger partial charge < -0.3 is 0 Å². The second kappa shape index (κ2) is 3.22. The summed E-state index contributed by atoms with van der Waals surface area (Å²) < 4.78 is 0.941. The average molecular weight is 238 g/mol. The van der Waals surface area contributed by atoms with Crippen molar-refractivity contribution in [3.05, 3.63) is 0 Å². The zero-order chi connectivity index (χ0) is 6.85. The van der Waals surface area contributed by atoms with Crippen molar-refractivity contribution >= 4 is 22.6 Å². The Morgan fingerprint density at radius 3 is 1.89 bits per heavy atom. The Labute approximate surface area is 71.5 Å². The first-order valence-corrected chi connectivity index (χ1v) is 5.10. The Morgan fingerprint density at radius 2 is 1.56 bits per heavy atom. The molecule has 1 saturated carbocycles. The Hall–Kier alpha value is 0.730. The van der Waals surface area contributed by atoms with Gasteiger partial charge in [0.05, 0.1) is 0 Å². The first kappa shape index (κ1) is 7.83. The molecule has 2 unspecified atom stereocenters. The number of hydrogen-bond donors (Lipinski definition) is 0. The van der Waals surface area contributed by atoms with Crippen molar-refractivity contribution in [1.82, 2.24) is 0 Å². The van der Waals surface area contributed by atoms with E-state index >= 15 is 0 Å². The largest absolute Gasteiger partial charge is 0.0820 e. The Bertz CT molecular complexity index is 80.6. The molecular weight excluding hydrogens is 223 g/mol. The van der Waals surface area contributed by atoms with Gasteiger partial charge in [-0.15, -0.1) is 0 Å². The molecule has 1 heteroatoms. The minimum absolute atomic E-state index is 0.941. The summed E-state index contributed by atoms with van der Waals surface area (Å²) in [5, 5.41) is 0. The Balaban J connectivity index is 2.41. The topological polar surface area (TPSA) is 0 Å². The minimum Gasteiger partial charge on any atom is -0.0820 e. The molecule has 1 fully saturated rings. The maximum atomic E-state index is 2.61. The molecule has 0 N–H and O–H groups in total. The van der Waals surface area contributed by atoms with Crippen molar-refractivity contribution in [2.75, 3.05) is 0 Å². The second-order valence-electron chi connectivity index (χ2n) is 3.33. The molecule has 0 aromatic heterocycles. The average Bonchev–Trinajstić information content (AvgIpc) is 1.83. The van der Waals surface area contributed by atoms with Crippen LogP contribution in [0.4, 0.5) is 0 Å². The van der Waals surface area contributed by atoms with Crippen molar-refractivity contribution in [2.45, 2.75) is 37.0 Å². The summed E-state index contributed by atoms with van der Waals surface area (Å²) in [4.78, 5) is 0. The van der Waals surface area contributed by atoms with E-state index in [9.17, 15) is 0 Å². The van der Waals surface area contributed by atoms with Crippen molar-refractivity contribution in [3.8, 4) is 0 Å². The quantitative estimate of drug-likeness (QED) is 0.449. The monoisotopic (exact) mass is 238 g/mol. The third-order valence-corrected chi connectivity index (χ3v) is 4.86. The third kappa shape index (κ3) is 1.82. The zero-order valence-corrected chi connectivity index (χ0v) is 8.39. The van der Waals surface area contributed by atoms with Crippen LogP contribution in [-0.4, -0.2) is 3.92 Å². The van der Waals surface area contributed by atoms with E-state index in [1.54, 1.807) is 0 Å². The SMILES string of the molecule is CC1CCCC(C)C1I. The molecule has 1 aliphatic rings. The molecule has 0 aliphatic heterocycles. The van der Waals surface area contributed by atoms with Crippen molar-refractivity contribution in [3.63, 3.8) is 0 Å². The van der Waals surface area contributed by atoms with Crippen molar-refractivity contribution in [2.24, 2.45) is 11.8 Å². The second-order valence-corrected chi connectivity index (χ2v) is 4.77. The number of rotatable bonds is 0. The van der Waals surface area contributed by atoms with Crippen LogP contribution in [-0.2, 0) is 0 Å². The third-order valence-electron chi connectivity index (χ3n) is 2.41. The maximum Gasteiger partial charge on any atom is 0.0161 e. The molecule has 0 bridgehead atoms. The van der Waals surface area contributed by atoms with Crippen LogP contribution >= 0.6 is 22.6 Å². The van der Waals surface area contributed by atoms with Gasteiger partial charge in [0.15, 0.2) is 0 Å². The highest BCUT2D eigenvalue weighted by Gasteiger charge is 2.24. The summed E-state index contributed by atoms with van der Waals surface area (Å²) in [6.07, 6.45) is 4.37. The van der Waals surface area contributed by atoms with Gasteiger partial charge in [-0.2, -0.15) is 0 Å². The van der Waals surface area contributed by atoms with Gasteiger partial charge in [-0.3, -0.25) is 0 Å². The van der Waals surface area contributed by atoms with Gasteiger partial charge in [-0.05, 0) is 24.7 Å². The van der Waals surface area contributed by atoms with Gasteiger partial charge in [-0.1, -0.05) is 42.9 Å². The van der Waals surface area contributed by atoms with E-state index in [1.165, 1.54) is 19.3 Å². The van der Waals surface area contributed by atoms with Crippen LogP contribution in [0.2, 0.25) is 0 Å². The van der Waals surface area contributed by atoms with Crippen LogP contribution in [0.15, 0.2) is 0 Å². The summed E-state index contributed by atoms with van der Waals surface area (Å²) in [6.45, 7) is 4.76. The van der Waals surface area contributed by atoms with Gasteiger partial charge in [-0.25, -0.2) is 0 Å². The van der Waals surface area contributed by atoms with Crippen LogP contribution < -0.4 is 0 Å². The van der Waals surface area contributed by atoms with E-state index < -0.39 is 0 Å². The highest BCUT2D eigenvalue weighted by atomic mass is 127. The lowest BCUT2D eigenvalue weighted by atomic mass is 9.84. The molecule has 0 amide bonds. The lowest BCUT2D eigenvalue weighted by molar-refractivity contribution is 0.325. The van der Waals surface area contributed by atoms with Crippen molar-refractivity contribution in [1.29, 1.82) is 0 Å². The lowest BCUT2D eigenvalue weighted by Gasteiger charge is -2.29. The molecule has 9 heavy (non-hydrogen) atoms. The van der Waals surface area contributed by atoms with E-state index in [0.717, 1.165) is 15.8 Å². The standard InChI is InChI=1S/C8H15I/c1-6-4-3-5-7(2)8(6)9/h6-8H,3-5H2,1-2H3. The molecule has 2 atom stereocenters. The maximum absolute atomic E-state index is 2.61. The minimum atomic E-state index is 0.941. The predicted molar refractivity (Wildman–Crippen MR) is 50.0 cm³/mol. The number of halogens is 1. The van der Waals surface area contributed by atoms with E-state index in [-0.39, 0.29) is 0 Å². The number of alkyl halides is 1. The highest BCUT2D eigenvalue weighted by Crippen LogP contribution is 2.34. The zero-order valence-electron chi connectivity index (χ0n) is 6.23. The van der Waals surface area contributed by atoms with Crippen LogP contribution in [0.25, 0.3) is 0 Å². The first-order valence-electron chi connectivity index (χ1n) is 3.86. The fourth-order valence-corrected chi connectivity index (χ4v) is 2.36.